The van der Waals surface area contributed by atoms with Crippen molar-refractivity contribution in [1.29, 1.82) is 0 Å². The molecule has 0 radical (unpaired) electrons. The molecule has 1 fully saturated rings. The van der Waals surface area contributed by atoms with Crippen molar-refractivity contribution in [3.63, 3.8) is 0 Å². The average molecular weight is 425 g/mol. The molecule has 28 heavy (non-hydrogen) atoms. The summed E-state index contributed by atoms with van der Waals surface area (Å²) in [7, 11) is -5.84. The SMILES string of the molecule is COc1ccc(CNS(=O)(=O)c2ccc(S(=O)(=O)NC3CCCC3)cc2)cc1. The fraction of sp³-hybridized carbons (Fsp3) is 0.368. The summed E-state index contributed by atoms with van der Waals surface area (Å²) in [6.45, 7) is 0.121. The Kier molecular flexibility index (Phi) is 6.39. The number of hydrogen-bond acceptors (Lipinski definition) is 5. The lowest BCUT2D eigenvalue weighted by atomic mass is 10.2. The Bertz CT molecular complexity index is 995. The highest BCUT2D eigenvalue weighted by atomic mass is 32.2. The maximum absolute atomic E-state index is 12.5. The van der Waals surface area contributed by atoms with Gasteiger partial charge < -0.3 is 4.74 Å². The fourth-order valence-corrected chi connectivity index (χ4v) is 5.46. The van der Waals surface area contributed by atoms with Crippen LogP contribution >= 0.6 is 0 Å². The van der Waals surface area contributed by atoms with E-state index in [1.54, 1.807) is 31.4 Å². The van der Waals surface area contributed by atoms with Crippen molar-refractivity contribution in [3.8, 4) is 5.75 Å². The third-order valence-corrected chi connectivity index (χ3v) is 7.70. The lowest BCUT2D eigenvalue weighted by molar-refractivity contribution is 0.414. The van der Waals surface area contributed by atoms with Crippen LogP contribution in [0.2, 0.25) is 0 Å². The number of rotatable bonds is 8. The summed E-state index contributed by atoms with van der Waals surface area (Å²) in [6, 6.07) is 12.2. The molecule has 0 aromatic heterocycles. The molecule has 0 saturated heterocycles. The van der Waals surface area contributed by atoms with Gasteiger partial charge in [0.15, 0.2) is 0 Å². The summed E-state index contributed by atoms with van der Waals surface area (Å²) in [5.74, 6) is 0.689. The largest absolute Gasteiger partial charge is 0.497 e. The van der Waals surface area contributed by atoms with E-state index in [1.165, 1.54) is 24.3 Å². The molecule has 0 atom stereocenters. The summed E-state index contributed by atoms with van der Waals surface area (Å²) in [4.78, 5) is 0.0781. The lowest BCUT2D eigenvalue weighted by Crippen LogP contribution is -2.32. The molecule has 2 N–H and O–H groups in total. The van der Waals surface area contributed by atoms with E-state index in [-0.39, 0.29) is 22.4 Å². The highest BCUT2D eigenvalue weighted by Crippen LogP contribution is 2.21. The van der Waals surface area contributed by atoms with Gasteiger partial charge in [-0.2, -0.15) is 0 Å². The Labute approximate surface area is 166 Å². The van der Waals surface area contributed by atoms with Gasteiger partial charge in [0, 0.05) is 12.6 Å². The summed E-state index contributed by atoms with van der Waals surface area (Å²) in [6.07, 6.45) is 3.70. The number of sulfonamides is 2. The molecule has 0 unspecified atom stereocenters. The normalized spacial score (nSPS) is 15.6. The molecule has 152 valence electrons. The van der Waals surface area contributed by atoms with Crippen LogP contribution in [0.15, 0.2) is 58.3 Å². The van der Waals surface area contributed by atoms with Gasteiger partial charge in [0.25, 0.3) is 0 Å². The van der Waals surface area contributed by atoms with Gasteiger partial charge in [-0.1, -0.05) is 25.0 Å². The van der Waals surface area contributed by atoms with Crippen molar-refractivity contribution in [2.24, 2.45) is 0 Å². The number of nitrogens with one attached hydrogen (secondary N) is 2. The van der Waals surface area contributed by atoms with Crippen molar-refractivity contribution in [2.75, 3.05) is 7.11 Å². The predicted octanol–water partition coefficient (Wildman–Crippen LogP) is 2.39. The van der Waals surface area contributed by atoms with E-state index in [9.17, 15) is 16.8 Å². The van der Waals surface area contributed by atoms with E-state index in [4.69, 9.17) is 4.74 Å². The van der Waals surface area contributed by atoms with Crippen LogP contribution in [0.1, 0.15) is 31.2 Å². The highest BCUT2D eigenvalue weighted by molar-refractivity contribution is 7.90. The molecular formula is C19H24N2O5S2. The molecule has 1 saturated carbocycles. The molecule has 0 amide bonds. The first-order chi connectivity index (χ1) is 13.3. The molecule has 9 heteroatoms. The lowest BCUT2D eigenvalue weighted by Gasteiger charge is -2.13. The highest BCUT2D eigenvalue weighted by Gasteiger charge is 2.23. The molecule has 0 spiro atoms. The van der Waals surface area contributed by atoms with Crippen molar-refractivity contribution in [2.45, 2.75) is 48.1 Å². The molecule has 1 aliphatic carbocycles. The van der Waals surface area contributed by atoms with Gasteiger partial charge in [-0.3, -0.25) is 0 Å². The van der Waals surface area contributed by atoms with Crippen molar-refractivity contribution >= 4 is 20.0 Å². The zero-order valence-electron chi connectivity index (χ0n) is 15.6. The van der Waals surface area contributed by atoms with Gasteiger partial charge in [-0.25, -0.2) is 26.3 Å². The Balaban J connectivity index is 1.66. The number of hydrogen-bond donors (Lipinski definition) is 2. The maximum Gasteiger partial charge on any atom is 0.240 e. The molecule has 3 rings (SSSR count). The quantitative estimate of drug-likeness (QED) is 0.678. The minimum absolute atomic E-state index is 0.0147. The fourth-order valence-electron chi connectivity index (χ4n) is 3.13. The number of benzene rings is 2. The monoisotopic (exact) mass is 424 g/mol. The Morgan fingerprint density at radius 2 is 1.39 bits per heavy atom. The molecular weight excluding hydrogens is 400 g/mol. The molecule has 2 aromatic carbocycles. The smallest absolute Gasteiger partial charge is 0.240 e. The second-order valence-corrected chi connectivity index (χ2v) is 10.2. The molecule has 1 aliphatic rings. The van der Waals surface area contributed by atoms with Crippen LogP contribution in [0.3, 0.4) is 0 Å². The van der Waals surface area contributed by atoms with Crippen molar-refractivity contribution in [3.05, 3.63) is 54.1 Å². The summed E-state index contributed by atoms with van der Waals surface area (Å²) in [5.41, 5.74) is 0.782. The van der Waals surface area contributed by atoms with Gasteiger partial charge in [-0.05, 0) is 54.8 Å². The molecule has 0 heterocycles. The first kappa shape index (κ1) is 20.8. The van der Waals surface area contributed by atoms with Gasteiger partial charge in [0.2, 0.25) is 20.0 Å². The first-order valence-corrected chi connectivity index (χ1v) is 12.0. The minimum atomic E-state index is -3.76. The van der Waals surface area contributed by atoms with Gasteiger partial charge >= 0.3 is 0 Å². The Morgan fingerprint density at radius 3 is 1.93 bits per heavy atom. The zero-order valence-corrected chi connectivity index (χ0v) is 17.2. The van der Waals surface area contributed by atoms with E-state index < -0.39 is 20.0 Å². The second-order valence-electron chi connectivity index (χ2n) is 6.75. The van der Waals surface area contributed by atoms with E-state index in [0.29, 0.717) is 5.75 Å². The van der Waals surface area contributed by atoms with E-state index in [1.807, 2.05) is 0 Å². The van der Waals surface area contributed by atoms with Crippen LogP contribution in [0.25, 0.3) is 0 Å². The third-order valence-electron chi connectivity index (χ3n) is 4.75. The number of ether oxygens (including phenoxy) is 1. The van der Waals surface area contributed by atoms with Crippen LogP contribution in [0, 0.1) is 0 Å². The second kappa shape index (κ2) is 8.60. The van der Waals surface area contributed by atoms with E-state index in [0.717, 1.165) is 31.2 Å². The van der Waals surface area contributed by atoms with E-state index >= 15 is 0 Å². The molecule has 0 bridgehead atoms. The van der Waals surface area contributed by atoms with Crippen LogP contribution < -0.4 is 14.2 Å². The number of methoxy groups -OCH3 is 1. The van der Waals surface area contributed by atoms with Crippen molar-refractivity contribution < 1.29 is 21.6 Å². The Hall–Kier alpha value is -1.94. The standard InChI is InChI=1S/C19H24N2O5S2/c1-26-17-8-6-15(7-9-17)14-20-27(22,23)18-10-12-19(13-11-18)28(24,25)21-16-4-2-3-5-16/h6-13,16,20-21H,2-5,14H2,1H3. The van der Waals surface area contributed by atoms with Gasteiger partial charge in [0.1, 0.15) is 5.75 Å². The summed E-state index contributed by atoms with van der Waals surface area (Å²) >= 11 is 0. The molecule has 0 aliphatic heterocycles. The molecule has 2 aromatic rings. The van der Waals surface area contributed by atoms with Gasteiger partial charge in [-0.15, -0.1) is 0 Å². The van der Waals surface area contributed by atoms with Crippen LogP contribution in [0.4, 0.5) is 0 Å². The summed E-state index contributed by atoms with van der Waals surface area (Å²) < 4.78 is 60.1. The van der Waals surface area contributed by atoms with Crippen LogP contribution in [-0.2, 0) is 26.6 Å². The van der Waals surface area contributed by atoms with Gasteiger partial charge in [0.05, 0.1) is 16.9 Å². The predicted molar refractivity (Wildman–Crippen MR) is 106 cm³/mol. The maximum atomic E-state index is 12.5. The summed E-state index contributed by atoms with van der Waals surface area (Å²) in [5, 5.41) is 0. The molecule has 7 nitrogen and oxygen atoms in total. The van der Waals surface area contributed by atoms with Crippen LogP contribution in [0.5, 0.6) is 5.75 Å². The topological polar surface area (TPSA) is 102 Å². The minimum Gasteiger partial charge on any atom is -0.497 e. The Morgan fingerprint density at radius 1 is 0.857 bits per heavy atom. The zero-order chi connectivity index (χ0) is 20.2. The van der Waals surface area contributed by atoms with Crippen LogP contribution in [-0.4, -0.2) is 30.0 Å². The average Bonchev–Trinajstić information content (AvgIpc) is 3.19. The van der Waals surface area contributed by atoms with Crippen molar-refractivity contribution in [1.82, 2.24) is 9.44 Å². The van der Waals surface area contributed by atoms with E-state index in [2.05, 4.69) is 9.44 Å². The first-order valence-electron chi connectivity index (χ1n) is 9.05. The third kappa shape index (κ3) is 5.11.